The number of rotatable bonds is 7. The van der Waals surface area contributed by atoms with Gasteiger partial charge in [0.15, 0.2) is 0 Å². The third-order valence-electron chi connectivity index (χ3n) is 5.93. The van der Waals surface area contributed by atoms with Crippen LogP contribution in [0.1, 0.15) is 37.8 Å². The number of carboxylic acid groups (broad SMARTS) is 1. The molecule has 1 aliphatic carbocycles. The van der Waals surface area contributed by atoms with Crippen LogP contribution in [0, 0.1) is 5.92 Å². The third-order valence-corrected chi connectivity index (χ3v) is 5.93. The van der Waals surface area contributed by atoms with E-state index in [1.54, 1.807) is 0 Å². The SMILES string of the molecule is CC(C)C(NC(=O)OCC1c2ccccc2-c2ccccc21)C(=O)NC(C)(C(=O)O)C(F)(F)F. The summed E-state index contributed by atoms with van der Waals surface area (Å²) in [6.07, 6.45) is -6.25. The molecule has 0 aliphatic heterocycles. The van der Waals surface area contributed by atoms with Crippen LogP contribution in [0.25, 0.3) is 11.1 Å². The van der Waals surface area contributed by atoms with Gasteiger partial charge in [0.25, 0.3) is 0 Å². The van der Waals surface area contributed by atoms with E-state index in [4.69, 9.17) is 9.84 Å². The minimum atomic E-state index is -5.25. The largest absolute Gasteiger partial charge is 0.479 e. The number of hydrogen-bond donors (Lipinski definition) is 3. The highest BCUT2D eigenvalue weighted by Crippen LogP contribution is 2.44. The van der Waals surface area contributed by atoms with E-state index in [1.165, 1.54) is 19.2 Å². The maximum atomic E-state index is 13.3. The standard InChI is InChI=1S/C24H25F3N2O5/c1-13(2)19(20(30)29-23(3,21(31)32)24(25,26)27)28-22(33)34-12-18-16-10-6-4-8-14(16)15-9-5-7-11-17(15)18/h4-11,13,18-19H,12H2,1-3H3,(H,28,33)(H,29,30)(H,31,32). The lowest BCUT2D eigenvalue weighted by molar-refractivity contribution is -0.207. The van der Waals surface area contributed by atoms with E-state index in [9.17, 15) is 27.6 Å². The molecule has 2 unspecified atom stereocenters. The van der Waals surface area contributed by atoms with Gasteiger partial charge in [0, 0.05) is 5.92 Å². The second-order valence-corrected chi connectivity index (χ2v) is 8.61. The van der Waals surface area contributed by atoms with Crippen LogP contribution in [-0.4, -0.2) is 47.4 Å². The van der Waals surface area contributed by atoms with Gasteiger partial charge in [-0.1, -0.05) is 62.4 Å². The van der Waals surface area contributed by atoms with Crippen molar-refractivity contribution in [2.45, 2.75) is 44.4 Å². The number of alkyl carbamates (subject to hydrolysis) is 1. The molecule has 2 amide bonds. The summed E-state index contributed by atoms with van der Waals surface area (Å²) in [5, 5.41) is 12.8. The zero-order valence-electron chi connectivity index (χ0n) is 18.8. The number of fused-ring (bicyclic) bond motifs is 3. The van der Waals surface area contributed by atoms with Crippen LogP contribution < -0.4 is 10.6 Å². The molecule has 0 fully saturated rings. The van der Waals surface area contributed by atoms with Crippen molar-refractivity contribution in [2.24, 2.45) is 5.92 Å². The minimum absolute atomic E-state index is 0.0539. The fraction of sp³-hybridized carbons (Fsp3) is 0.375. The van der Waals surface area contributed by atoms with Crippen molar-refractivity contribution in [2.75, 3.05) is 6.61 Å². The predicted octanol–water partition coefficient (Wildman–Crippen LogP) is 4.07. The summed E-state index contributed by atoms with van der Waals surface area (Å²) in [5.74, 6) is -4.44. The quantitative estimate of drug-likeness (QED) is 0.557. The average molecular weight is 478 g/mol. The van der Waals surface area contributed by atoms with Crippen LogP contribution in [0.5, 0.6) is 0 Å². The third kappa shape index (κ3) is 4.71. The maximum Gasteiger partial charge on any atom is 0.422 e. The molecule has 0 bridgehead atoms. The number of carbonyl (C=O) groups excluding carboxylic acids is 2. The van der Waals surface area contributed by atoms with E-state index in [0.29, 0.717) is 6.92 Å². The summed E-state index contributed by atoms with van der Waals surface area (Å²) < 4.78 is 45.2. The van der Waals surface area contributed by atoms with Gasteiger partial charge in [0.1, 0.15) is 12.6 Å². The lowest BCUT2D eigenvalue weighted by Gasteiger charge is -2.31. The topological polar surface area (TPSA) is 105 Å². The number of hydrogen-bond acceptors (Lipinski definition) is 4. The number of carbonyl (C=O) groups is 3. The van der Waals surface area contributed by atoms with Crippen LogP contribution in [0.15, 0.2) is 48.5 Å². The molecule has 0 heterocycles. The molecule has 10 heteroatoms. The Balaban J connectivity index is 1.71. The molecule has 2 aromatic rings. The Morgan fingerprint density at radius 2 is 1.50 bits per heavy atom. The minimum Gasteiger partial charge on any atom is -0.479 e. The van der Waals surface area contributed by atoms with E-state index in [-0.39, 0.29) is 12.5 Å². The Bertz CT molecular complexity index is 1060. The first kappa shape index (κ1) is 25.1. The van der Waals surface area contributed by atoms with Gasteiger partial charge in [0.2, 0.25) is 11.4 Å². The van der Waals surface area contributed by atoms with Crippen LogP contribution in [0.2, 0.25) is 0 Å². The molecular formula is C24H25F3N2O5. The second kappa shape index (κ2) is 9.36. The number of amides is 2. The monoisotopic (exact) mass is 478 g/mol. The Morgan fingerprint density at radius 3 is 1.94 bits per heavy atom. The van der Waals surface area contributed by atoms with Crippen molar-refractivity contribution in [3.05, 3.63) is 59.7 Å². The van der Waals surface area contributed by atoms with Crippen molar-refractivity contribution in [1.82, 2.24) is 10.6 Å². The van der Waals surface area contributed by atoms with Crippen molar-refractivity contribution in [3.8, 4) is 11.1 Å². The molecule has 182 valence electrons. The molecule has 3 rings (SSSR count). The first-order chi connectivity index (χ1) is 15.9. The van der Waals surface area contributed by atoms with Crippen LogP contribution in [-0.2, 0) is 14.3 Å². The van der Waals surface area contributed by atoms with Gasteiger partial charge >= 0.3 is 18.2 Å². The molecule has 0 saturated carbocycles. The van der Waals surface area contributed by atoms with Crippen LogP contribution in [0.4, 0.5) is 18.0 Å². The highest BCUT2D eigenvalue weighted by Gasteiger charge is 2.59. The lowest BCUT2D eigenvalue weighted by atomic mass is 9.98. The molecule has 0 radical (unpaired) electrons. The molecule has 3 N–H and O–H groups in total. The van der Waals surface area contributed by atoms with E-state index in [1.807, 2.05) is 48.5 Å². The number of alkyl halides is 3. The Hall–Kier alpha value is -3.56. The molecule has 0 spiro atoms. The van der Waals surface area contributed by atoms with E-state index >= 15 is 0 Å². The molecule has 34 heavy (non-hydrogen) atoms. The molecule has 0 aromatic heterocycles. The van der Waals surface area contributed by atoms with Gasteiger partial charge in [0.05, 0.1) is 0 Å². The van der Waals surface area contributed by atoms with Gasteiger partial charge in [-0.2, -0.15) is 13.2 Å². The zero-order valence-corrected chi connectivity index (χ0v) is 18.8. The first-order valence-electron chi connectivity index (χ1n) is 10.6. The molecule has 1 aliphatic rings. The highest BCUT2D eigenvalue weighted by molar-refractivity contribution is 5.91. The molecule has 2 aromatic carbocycles. The van der Waals surface area contributed by atoms with Crippen molar-refractivity contribution < 1.29 is 37.4 Å². The first-order valence-corrected chi connectivity index (χ1v) is 10.6. The lowest BCUT2D eigenvalue weighted by Crippen LogP contribution is -2.65. The Morgan fingerprint density at radius 1 is 1.00 bits per heavy atom. The van der Waals surface area contributed by atoms with Gasteiger partial charge < -0.3 is 20.5 Å². The van der Waals surface area contributed by atoms with Gasteiger partial charge in [-0.25, -0.2) is 9.59 Å². The van der Waals surface area contributed by atoms with Gasteiger partial charge in [-0.15, -0.1) is 0 Å². The number of halogens is 3. The number of nitrogens with one attached hydrogen (secondary N) is 2. The summed E-state index contributed by atoms with van der Waals surface area (Å²) >= 11 is 0. The fourth-order valence-electron chi connectivity index (χ4n) is 3.87. The smallest absolute Gasteiger partial charge is 0.422 e. The zero-order chi connectivity index (χ0) is 25.3. The summed E-state index contributed by atoms with van der Waals surface area (Å²) in [5.41, 5.74) is 0.465. The summed E-state index contributed by atoms with van der Waals surface area (Å²) in [7, 11) is 0. The van der Waals surface area contributed by atoms with Crippen LogP contribution in [0.3, 0.4) is 0 Å². The molecule has 0 saturated heterocycles. The molecule has 2 atom stereocenters. The van der Waals surface area contributed by atoms with Crippen molar-refractivity contribution in [3.63, 3.8) is 0 Å². The second-order valence-electron chi connectivity index (χ2n) is 8.61. The maximum absolute atomic E-state index is 13.3. The number of aliphatic carboxylic acids is 1. The normalized spacial score (nSPS) is 15.6. The van der Waals surface area contributed by atoms with Gasteiger partial charge in [-0.3, -0.25) is 4.79 Å². The highest BCUT2D eigenvalue weighted by atomic mass is 19.4. The van der Waals surface area contributed by atoms with Crippen LogP contribution >= 0.6 is 0 Å². The molecular weight excluding hydrogens is 453 g/mol. The Kier molecular flexibility index (Phi) is 6.90. The predicted molar refractivity (Wildman–Crippen MR) is 117 cm³/mol. The fourth-order valence-corrected chi connectivity index (χ4v) is 3.87. The number of ether oxygens (including phenoxy) is 1. The summed E-state index contributed by atoms with van der Waals surface area (Å²) in [6, 6.07) is 13.9. The van der Waals surface area contributed by atoms with E-state index in [2.05, 4.69) is 5.32 Å². The average Bonchev–Trinajstić information content (AvgIpc) is 3.08. The molecule has 7 nitrogen and oxygen atoms in total. The number of carboxylic acids is 1. The van der Waals surface area contributed by atoms with E-state index < -0.39 is 41.6 Å². The van der Waals surface area contributed by atoms with Crippen molar-refractivity contribution in [1.29, 1.82) is 0 Å². The van der Waals surface area contributed by atoms with Gasteiger partial charge in [-0.05, 0) is 35.1 Å². The van der Waals surface area contributed by atoms with E-state index in [0.717, 1.165) is 22.3 Å². The summed E-state index contributed by atoms with van der Waals surface area (Å²) in [4.78, 5) is 36.2. The Labute approximate surface area is 194 Å². The summed E-state index contributed by atoms with van der Waals surface area (Å²) in [6.45, 7) is 3.29. The van der Waals surface area contributed by atoms with Crippen molar-refractivity contribution >= 4 is 18.0 Å². The number of benzene rings is 2.